The Bertz CT molecular complexity index is 706. The molecule has 3 aromatic heterocycles. The normalized spacial score (nSPS) is 10.5. The number of pyridine rings is 1. The van der Waals surface area contributed by atoms with Crippen molar-refractivity contribution in [3.63, 3.8) is 0 Å². The molecule has 0 aliphatic rings. The number of hydrogen-bond donors (Lipinski definition) is 1. The standard InChI is InChI=1S/C16H14N2O2S/c19-16(8-14-3-2-6-21-14)18-10-12-7-13(11-17-9-12)15-4-1-5-20-15/h1-7,9,11H,8,10H2,(H,18,19). The van der Waals surface area contributed by atoms with E-state index in [0.717, 1.165) is 21.8 Å². The summed E-state index contributed by atoms with van der Waals surface area (Å²) in [5.74, 6) is 0.787. The third-order valence-corrected chi connectivity index (χ3v) is 3.88. The largest absolute Gasteiger partial charge is 0.464 e. The Kier molecular flexibility index (Phi) is 4.12. The Labute approximate surface area is 126 Å². The summed E-state index contributed by atoms with van der Waals surface area (Å²) in [7, 11) is 0. The van der Waals surface area contributed by atoms with E-state index in [-0.39, 0.29) is 5.91 Å². The lowest BCUT2D eigenvalue weighted by molar-refractivity contribution is -0.120. The summed E-state index contributed by atoms with van der Waals surface area (Å²) >= 11 is 1.59. The third-order valence-electron chi connectivity index (χ3n) is 3.01. The minimum atomic E-state index is 0.0147. The number of nitrogens with zero attached hydrogens (tertiary/aromatic N) is 1. The van der Waals surface area contributed by atoms with Crippen molar-refractivity contribution in [2.24, 2.45) is 0 Å². The van der Waals surface area contributed by atoms with E-state index in [4.69, 9.17) is 4.42 Å². The van der Waals surface area contributed by atoms with Gasteiger partial charge in [-0.1, -0.05) is 6.07 Å². The highest BCUT2D eigenvalue weighted by Gasteiger charge is 2.06. The summed E-state index contributed by atoms with van der Waals surface area (Å²) in [5, 5.41) is 4.88. The first-order valence-electron chi connectivity index (χ1n) is 6.58. The van der Waals surface area contributed by atoms with Gasteiger partial charge in [-0.2, -0.15) is 0 Å². The number of rotatable bonds is 5. The zero-order valence-electron chi connectivity index (χ0n) is 11.3. The van der Waals surface area contributed by atoms with E-state index < -0.39 is 0 Å². The van der Waals surface area contributed by atoms with Gasteiger partial charge >= 0.3 is 0 Å². The van der Waals surface area contributed by atoms with Crippen LogP contribution in [0.25, 0.3) is 11.3 Å². The Hall–Kier alpha value is -2.40. The molecule has 0 bridgehead atoms. The lowest BCUT2D eigenvalue weighted by atomic mass is 10.1. The monoisotopic (exact) mass is 298 g/mol. The average molecular weight is 298 g/mol. The molecule has 0 fully saturated rings. The molecule has 3 rings (SSSR count). The van der Waals surface area contributed by atoms with Crippen LogP contribution >= 0.6 is 11.3 Å². The number of carbonyl (C=O) groups excluding carboxylic acids is 1. The summed E-state index contributed by atoms with van der Waals surface area (Å²) in [5.41, 5.74) is 1.86. The zero-order valence-corrected chi connectivity index (χ0v) is 12.1. The molecule has 3 heterocycles. The van der Waals surface area contributed by atoms with Gasteiger partial charge in [0.05, 0.1) is 12.7 Å². The van der Waals surface area contributed by atoms with E-state index in [0.29, 0.717) is 13.0 Å². The predicted octanol–water partition coefficient (Wildman–Crippen LogP) is 3.26. The Morgan fingerprint density at radius 2 is 2.24 bits per heavy atom. The molecule has 0 aliphatic heterocycles. The van der Waals surface area contributed by atoms with E-state index in [1.807, 2.05) is 35.7 Å². The number of thiophene rings is 1. The molecule has 0 aliphatic carbocycles. The van der Waals surface area contributed by atoms with Crippen molar-refractivity contribution in [1.29, 1.82) is 0 Å². The summed E-state index contributed by atoms with van der Waals surface area (Å²) in [4.78, 5) is 17.1. The van der Waals surface area contributed by atoms with Gasteiger partial charge in [0.15, 0.2) is 0 Å². The van der Waals surface area contributed by atoms with Crippen LogP contribution < -0.4 is 5.32 Å². The van der Waals surface area contributed by atoms with Crippen molar-refractivity contribution < 1.29 is 9.21 Å². The van der Waals surface area contributed by atoms with Crippen LogP contribution in [0, 0.1) is 0 Å². The quantitative estimate of drug-likeness (QED) is 0.786. The van der Waals surface area contributed by atoms with Crippen molar-refractivity contribution in [1.82, 2.24) is 10.3 Å². The molecule has 0 radical (unpaired) electrons. The molecule has 4 nitrogen and oxygen atoms in total. The molecular formula is C16H14N2O2S. The fourth-order valence-electron chi connectivity index (χ4n) is 2.00. The van der Waals surface area contributed by atoms with Gasteiger partial charge in [0, 0.05) is 29.4 Å². The minimum absolute atomic E-state index is 0.0147. The van der Waals surface area contributed by atoms with Gasteiger partial charge in [0.2, 0.25) is 5.91 Å². The van der Waals surface area contributed by atoms with Crippen LogP contribution in [0.5, 0.6) is 0 Å². The SMILES string of the molecule is O=C(Cc1cccs1)NCc1cncc(-c2ccco2)c1. The molecule has 1 N–H and O–H groups in total. The van der Waals surface area contributed by atoms with Crippen LogP contribution in [0.2, 0.25) is 0 Å². The zero-order chi connectivity index (χ0) is 14.5. The van der Waals surface area contributed by atoms with Crippen molar-refractivity contribution in [3.05, 3.63) is 64.8 Å². The fraction of sp³-hybridized carbons (Fsp3) is 0.125. The van der Waals surface area contributed by atoms with E-state index >= 15 is 0 Å². The maximum Gasteiger partial charge on any atom is 0.225 e. The van der Waals surface area contributed by atoms with Crippen molar-refractivity contribution in [2.45, 2.75) is 13.0 Å². The van der Waals surface area contributed by atoms with E-state index in [2.05, 4.69) is 10.3 Å². The van der Waals surface area contributed by atoms with Crippen LogP contribution in [0.3, 0.4) is 0 Å². The number of nitrogens with one attached hydrogen (secondary N) is 1. The lowest BCUT2D eigenvalue weighted by Crippen LogP contribution is -2.24. The smallest absolute Gasteiger partial charge is 0.225 e. The van der Waals surface area contributed by atoms with Gasteiger partial charge in [-0.25, -0.2) is 0 Å². The van der Waals surface area contributed by atoms with E-state index in [1.54, 1.807) is 30.0 Å². The van der Waals surface area contributed by atoms with Crippen molar-refractivity contribution >= 4 is 17.2 Å². The molecule has 21 heavy (non-hydrogen) atoms. The topological polar surface area (TPSA) is 55.1 Å². The van der Waals surface area contributed by atoms with Gasteiger partial charge < -0.3 is 9.73 Å². The Morgan fingerprint density at radius 3 is 3.00 bits per heavy atom. The number of furan rings is 1. The highest BCUT2D eigenvalue weighted by Crippen LogP contribution is 2.19. The second-order valence-electron chi connectivity index (χ2n) is 4.59. The number of amides is 1. The molecular weight excluding hydrogens is 284 g/mol. The first kappa shape index (κ1) is 13.6. The molecule has 1 amide bonds. The molecule has 0 saturated carbocycles. The van der Waals surface area contributed by atoms with Gasteiger partial charge in [0.1, 0.15) is 5.76 Å². The number of aromatic nitrogens is 1. The fourth-order valence-corrected chi connectivity index (χ4v) is 2.70. The molecule has 0 aromatic carbocycles. The molecule has 106 valence electrons. The van der Waals surface area contributed by atoms with Crippen LogP contribution in [0.1, 0.15) is 10.4 Å². The number of carbonyl (C=O) groups is 1. The summed E-state index contributed by atoms with van der Waals surface area (Å²) in [6.07, 6.45) is 5.54. The summed E-state index contributed by atoms with van der Waals surface area (Å²) in [6.45, 7) is 0.464. The Morgan fingerprint density at radius 1 is 1.29 bits per heavy atom. The molecule has 3 aromatic rings. The maximum absolute atomic E-state index is 11.9. The van der Waals surface area contributed by atoms with E-state index in [9.17, 15) is 4.79 Å². The molecule has 0 atom stereocenters. The summed E-state index contributed by atoms with van der Waals surface area (Å²) < 4.78 is 5.34. The average Bonchev–Trinajstić information content (AvgIpc) is 3.19. The first-order chi connectivity index (χ1) is 10.3. The molecule has 0 saturated heterocycles. The number of hydrogen-bond acceptors (Lipinski definition) is 4. The minimum Gasteiger partial charge on any atom is -0.464 e. The molecule has 0 spiro atoms. The van der Waals surface area contributed by atoms with Gasteiger partial charge in [-0.15, -0.1) is 11.3 Å². The predicted molar refractivity (Wildman–Crippen MR) is 81.8 cm³/mol. The molecule has 0 unspecified atom stereocenters. The molecule has 5 heteroatoms. The van der Waals surface area contributed by atoms with Gasteiger partial charge in [-0.3, -0.25) is 9.78 Å². The second-order valence-corrected chi connectivity index (χ2v) is 5.62. The first-order valence-corrected chi connectivity index (χ1v) is 7.46. The van der Waals surface area contributed by atoms with Crippen LogP contribution in [0.4, 0.5) is 0 Å². The third kappa shape index (κ3) is 3.58. The Balaban J connectivity index is 1.60. The van der Waals surface area contributed by atoms with E-state index in [1.165, 1.54) is 0 Å². The summed E-state index contributed by atoms with van der Waals surface area (Å²) in [6, 6.07) is 9.60. The van der Waals surface area contributed by atoms with Gasteiger partial charge in [-0.05, 0) is 35.2 Å². The van der Waals surface area contributed by atoms with Crippen LogP contribution in [-0.4, -0.2) is 10.9 Å². The highest BCUT2D eigenvalue weighted by molar-refractivity contribution is 7.10. The highest BCUT2D eigenvalue weighted by atomic mass is 32.1. The van der Waals surface area contributed by atoms with Crippen molar-refractivity contribution in [3.8, 4) is 11.3 Å². The maximum atomic E-state index is 11.9. The van der Waals surface area contributed by atoms with Gasteiger partial charge in [0.25, 0.3) is 0 Å². The van der Waals surface area contributed by atoms with Crippen LogP contribution in [-0.2, 0) is 17.8 Å². The second kappa shape index (κ2) is 6.37. The van der Waals surface area contributed by atoms with Crippen LogP contribution in [0.15, 0.2) is 58.8 Å². The lowest BCUT2D eigenvalue weighted by Gasteiger charge is -2.05. The van der Waals surface area contributed by atoms with Crippen molar-refractivity contribution in [2.75, 3.05) is 0 Å².